The van der Waals surface area contributed by atoms with Gasteiger partial charge in [-0.1, -0.05) is 31.4 Å². The smallest absolute Gasteiger partial charge is 0.344 e. The van der Waals surface area contributed by atoms with Crippen LogP contribution in [0.3, 0.4) is 0 Å². The molecule has 0 atom stereocenters. The topological polar surface area (TPSA) is 109 Å². The SMILES string of the molecule is C=C(C)C(=O)OCCCCc1cc(CCCCOC=O)cc2oc(=O)c(-c3ccc(OC(=O)C(=C)C)cc3)cc12. The molecule has 0 aliphatic heterocycles. The molecule has 40 heavy (non-hydrogen) atoms. The molecule has 0 radical (unpaired) electrons. The summed E-state index contributed by atoms with van der Waals surface area (Å²) in [7, 11) is 0. The number of unbranched alkanes of at least 4 members (excludes halogenated alkanes) is 2. The molecule has 0 N–H and O–H groups in total. The van der Waals surface area contributed by atoms with Crippen molar-refractivity contribution >= 4 is 29.4 Å². The number of esters is 2. The molecule has 0 spiro atoms. The molecule has 2 aromatic carbocycles. The van der Waals surface area contributed by atoms with Gasteiger partial charge in [-0.05, 0) is 93.3 Å². The first-order valence-corrected chi connectivity index (χ1v) is 13.1. The minimum atomic E-state index is -0.524. The van der Waals surface area contributed by atoms with E-state index < -0.39 is 17.6 Å². The Hall–Kier alpha value is -4.46. The fourth-order valence-electron chi connectivity index (χ4n) is 4.07. The molecule has 0 amide bonds. The molecule has 1 aromatic heterocycles. The number of rotatable bonds is 15. The third-order valence-electron chi connectivity index (χ3n) is 6.19. The molecule has 3 aromatic rings. The summed E-state index contributed by atoms with van der Waals surface area (Å²) >= 11 is 0. The summed E-state index contributed by atoms with van der Waals surface area (Å²) in [4.78, 5) is 46.8. The Bertz CT molecular complexity index is 1450. The minimum Gasteiger partial charge on any atom is -0.468 e. The van der Waals surface area contributed by atoms with E-state index in [4.69, 9.17) is 18.6 Å². The highest BCUT2D eigenvalue weighted by Crippen LogP contribution is 2.28. The van der Waals surface area contributed by atoms with E-state index in [0.29, 0.717) is 60.6 Å². The second-order valence-electron chi connectivity index (χ2n) is 9.61. The van der Waals surface area contributed by atoms with Gasteiger partial charge in [-0.15, -0.1) is 0 Å². The average Bonchev–Trinajstić information content (AvgIpc) is 2.92. The molecule has 0 saturated heterocycles. The third-order valence-corrected chi connectivity index (χ3v) is 6.19. The van der Waals surface area contributed by atoms with Gasteiger partial charge in [-0.2, -0.15) is 0 Å². The van der Waals surface area contributed by atoms with Crippen molar-refractivity contribution < 1.29 is 33.0 Å². The predicted octanol–water partition coefficient (Wildman–Crippen LogP) is 5.88. The van der Waals surface area contributed by atoms with Crippen LogP contribution in [0, 0.1) is 0 Å². The van der Waals surface area contributed by atoms with Crippen molar-refractivity contribution in [3.8, 4) is 16.9 Å². The number of carbonyl (C=O) groups is 3. The van der Waals surface area contributed by atoms with Crippen LogP contribution >= 0.6 is 0 Å². The van der Waals surface area contributed by atoms with Gasteiger partial charge in [0.1, 0.15) is 11.3 Å². The summed E-state index contributed by atoms with van der Waals surface area (Å²) in [5.74, 6) is -0.583. The van der Waals surface area contributed by atoms with E-state index in [9.17, 15) is 19.2 Å². The highest BCUT2D eigenvalue weighted by atomic mass is 16.5. The van der Waals surface area contributed by atoms with Gasteiger partial charge in [-0.3, -0.25) is 4.79 Å². The van der Waals surface area contributed by atoms with Crippen LogP contribution in [0.1, 0.15) is 50.7 Å². The number of ether oxygens (including phenoxy) is 3. The van der Waals surface area contributed by atoms with E-state index >= 15 is 0 Å². The Morgan fingerprint density at radius 2 is 1.55 bits per heavy atom. The molecule has 0 bridgehead atoms. The van der Waals surface area contributed by atoms with E-state index in [1.807, 2.05) is 12.1 Å². The molecular formula is C32H34O8. The highest BCUT2D eigenvalue weighted by molar-refractivity contribution is 5.89. The molecule has 0 aliphatic carbocycles. The van der Waals surface area contributed by atoms with Gasteiger partial charge in [0.05, 0.1) is 18.8 Å². The zero-order valence-electron chi connectivity index (χ0n) is 23.0. The third kappa shape index (κ3) is 8.53. The Balaban J connectivity index is 1.86. The maximum Gasteiger partial charge on any atom is 0.344 e. The van der Waals surface area contributed by atoms with Crippen LogP contribution in [0.25, 0.3) is 22.1 Å². The molecule has 1 heterocycles. The lowest BCUT2D eigenvalue weighted by Gasteiger charge is -2.12. The lowest BCUT2D eigenvalue weighted by Crippen LogP contribution is -2.08. The maximum atomic E-state index is 13.0. The fourth-order valence-corrected chi connectivity index (χ4v) is 4.07. The van der Waals surface area contributed by atoms with Crippen molar-refractivity contribution in [2.45, 2.75) is 52.4 Å². The Labute approximate surface area is 233 Å². The van der Waals surface area contributed by atoms with Crippen LogP contribution in [0.5, 0.6) is 5.75 Å². The lowest BCUT2D eigenvalue weighted by atomic mass is 9.96. The summed E-state index contributed by atoms with van der Waals surface area (Å²) in [6.07, 6.45) is 4.37. The first kappa shape index (κ1) is 30.1. The van der Waals surface area contributed by atoms with Crippen molar-refractivity contribution in [3.63, 3.8) is 0 Å². The Kier molecular flexibility index (Phi) is 11.0. The summed E-state index contributed by atoms with van der Waals surface area (Å²) in [5, 5.41) is 0.819. The molecular weight excluding hydrogens is 512 g/mol. The molecule has 8 nitrogen and oxygen atoms in total. The van der Waals surface area contributed by atoms with Crippen molar-refractivity contribution in [2.24, 2.45) is 0 Å². The van der Waals surface area contributed by atoms with Crippen LogP contribution in [0.2, 0.25) is 0 Å². The average molecular weight is 547 g/mol. The van der Waals surface area contributed by atoms with Crippen LogP contribution in [-0.2, 0) is 36.7 Å². The lowest BCUT2D eigenvalue weighted by molar-refractivity contribution is -0.139. The molecule has 8 heteroatoms. The van der Waals surface area contributed by atoms with Gasteiger partial charge in [0.25, 0.3) is 6.47 Å². The van der Waals surface area contributed by atoms with E-state index in [0.717, 1.165) is 42.2 Å². The molecule has 0 fully saturated rings. The molecule has 0 aliphatic rings. The predicted molar refractivity (Wildman–Crippen MR) is 152 cm³/mol. The van der Waals surface area contributed by atoms with Crippen LogP contribution < -0.4 is 10.4 Å². The van der Waals surface area contributed by atoms with Gasteiger partial charge >= 0.3 is 17.6 Å². The van der Waals surface area contributed by atoms with E-state index in [1.165, 1.54) is 0 Å². The van der Waals surface area contributed by atoms with E-state index in [1.54, 1.807) is 38.1 Å². The number of benzene rings is 2. The number of hydrogen-bond acceptors (Lipinski definition) is 8. The maximum absolute atomic E-state index is 13.0. The van der Waals surface area contributed by atoms with Crippen molar-refractivity contribution in [2.75, 3.05) is 13.2 Å². The van der Waals surface area contributed by atoms with E-state index in [2.05, 4.69) is 19.2 Å². The van der Waals surface area contributed by atoms with Gasteiger partial charge in [0.2, 0.25) is 0 Å². The summed E-state index contributed by atoms with van der Waals surface area (Å²) in [6, 6.07) is 12.4. The van der Waals surface area contributed by atoms with Gasteiger partial charge in [0.15, 0.2) is 0 Å². The first-order chi connectivity index (χ1) is 19.2. The van der Waals surface area contributed by atoms with Crippen LogP contribution in [0.4, 0.5) is 0 Å². The molecule has 210 valence electrons. The number of carbonyl (C=O) groups excluding carboxylic acids is 3. The summed E-state index contributed by atoms with van der Waals surface area (Å²) in [5.41, 5.74) is 3.71. The second kappa shape index (κ2) is 14.6. The monoisotopic (exact) mass is 546 g/mol. The Morgan fingerprint density at radius 3 is 2.23 bits per heavy atom. The summed E-state index contributed by atoms with van der Waals surface area (Å²) in [6.45, 7) is 11.4. The summed E-state index contributed by atoms with van der Waals surface area (Å²) < 4.78 is 21.0. The largest absolute Gasteiger partial charge is 0.468 e. The van der Waals surface area contributed by atoms with Crippen LogP contribution in [0.15, 0.2) is 76.0 Å². The van der Waals surface area contributed by atoms with Gasteiger partial charge in [-0.25, -0.2) is 14.4 Å². The zero-order valence-corrected chi connectivity index (χ0v) is 23.0. The van der Waals surface area contributed by atoms with Crippen molar-refractivity contribution in [3.05, 3.63) is 88.3 Å². The van der Waals surface area contributed by atoms with Crippen molar-refractivity contribution in [1.82, 2.24) is 0 Å². The quantitative estimate of drug-likeness (QED) is 0.0581. The molecule has 3 rings (SSSR count). The zero-order chi connectivity index (χ0) is 29.1. The first-order valence-electron chi connectivity index (χ1n) is 13.1. The Morgan fingerprint density at radius 1 is 0.875 bits per heavy atom. The fraction of sp³-hybridized carbons (Fsp3) is 0.312. The second-order valence-corrected chi connectivity index (χ2v) is 9.61. The normalized spacial score (nSPS) is 10.7. The standard InChI is InChI=1S/C32H34O8/c1-21(2)30(34)38-16-8-6-10-25-17-23(9-5-7-15-37-20-33)18-29-27(25)19-28(32(36)40-29)24-11-13-26(14-12-24)39-31(35)22(3)4/h11-14,17-20H,1,3,5-10,15-16H2,2,4H3. The van der Waals surface area contributed by atoms with E-state index in [-0.39, 0.29) is 5.57 Å². The van der Waals surface area contributed by atoms with Gasteiger partial charge in [0, 0.05) is 16.5 Å². The highest BCUT2D eigenvalue weighted by Gasteiger charge is 2.14. The molecule has 0 unspecified atom stereocenters. The van der Waals surface area contributed by atoms with Crippen LogP contribution in [-0.4, -0.2) is 31.6 Å². The van der Waals surface area contributed by atoms with Gasteiger partial charge < -0.3 is 18.6 Å². The number of fused-ring (bicyclic) bond motifs is 1. The minimum absolute atomic E-state index is 0.287. The van der Waals surface area contributed by atoms with Crippen molar-refractivity contribution in [1.29, 1.82) is 0 Å². The number of aryl methyl sites for hydroxylation is 2. The number of hydrogen-bond donors (Lipinski definition) is 0. The molecule has 0 saturated carbocycles.